The predicted molar refractivity (Wildman–Crippen MR) is 101 cm³/mol. The second kappa shape index (κ2) is 8.35. The monoisotopic (exact) mass is 402 g/mol. The van der Waals surface area contributed by atoms with Crippen molar-refractivity contribution in [3.63, 3.8) is 0 Å². The first-order valence-electron chi connectivity index (χ1n) is 8.53. The van der Waals surface area contributed by atoms with Gasteiger partial charge in [0.15, 0.2) is 0 Å². The summed E-state index contributed by atoms with van der Waals surface area (Å²) in [5, 5.41) is 13.2. The maximum atomic E-state index is 12.5. The number of nitrogens with zero attached hydrogens (tertiary/aromatic N) is 1. The second-order valence-corrected chi connectivity index (χ2v) is 8.20. The molecule has 0 aromatic heterocycles. The van der Waals surface area contributed by atoms with Crippen molar-refractivity contribution in [3.05, 3.63) is 27.7 Å². The quantitative estimate of drug-likeness (QED) is 0.775. The number of phenols is 1. The smallest absolute Gasteiger partial charge is 0.410 e. The Morgan fingerprint density at radius 1 is 1.23 bits per heavy atom. The summed E-state index contributed by atoms with van der Waals surface area (Å²) in [4.78, 5) is 26.3. The number of phenolic OH excluding ortho intramolecular Hbond substituents is 1. The average Bonchev–Trinajstić information content (AvgIpc) is 2.74. The van der Waals surface area contributed by atoms with Crippen LogP contribution in [0.1, 0.15) is 50.4 Å². The Morgan fingerprint density at radius 3 is 2.58 bits per heavy atom. The van der Waals surface area contributed by atoms with Crippen LogP contribution < -0.4 is 5.32 Å². The number of aromatic hydroxyl groups is 1. The van der Waals surface area contributed by atoms with E-state index < -0.39 is 11.5 Å². The number of benzene rings is 1. The van der Waals surface area contributed by atoms with Gasteiger partial charge in [0, 0.05) is 24.2 Å². The van der Waals surface area contributed by atoms with Crippen molar-refractivity contribution < 1.29 is 19.4 Å². The summed E-state index contributed by atoms with van der Waals surface area (Å²) in [5.74, 6) is -0.736. The molecule has 26 heavy (non-hydrogen) atoms. The van der Waals surface area contributed by atoms with Gasteiger partial charge in [-0.05, 0) is 52.2 Å². The molecule has 0 spiro atoms. The van der Waals surface area contributed by atoms with Crippen LogP contribution in [0.15, 0.2) is 12.1 Å². The average molecular weight is 403 g/mol. The Bertz CT molecular complexity index is 689. The number of hydrogen-bond donors (Lipinski definition) is 2. The van der Waals surface area contributed by atoms with E-state index in [1.165, 1.54) is 12.1 Å². The van der Waals surface area contributed by atoms with Gasteiger partial charge >= 0.3 is 6.09 Å². The van der Waals surface area contributed by atoms with E-state index in [0.717, 1.165) is 12.8 Å². The van der Waals surface area contributed by atoms with E-state index in [4.69, 9.17) is 27.9 Å². The normalized spacial score (nSPS) is 18.2. The largest absolute Gasteiger partial charge is 0.506 e. The molecule has 2 rings (SSSR count). The van der Waals surface area contributed by atoms with E-state index in [-0.39, 0.29) is 33.5 Å². The van der Waals surface area contributed by atoms with Gasteiger partial charge in [-0.1, -0.05) is 23.2 Å². The molecule has 144 valence electrons. The minimum absolute atomic E-state index is 0.0274. The first-order valence-corrected chi connectivity index (χ1v) is 9.29. The summed E-state index contributed by atoms with van der Waals surface area (Å²) in [7, 11) is 0. The molecule has 1 aliphatic rings. The van der Waals surface area contributed by atoms with Crippen LogP contribution in [-0.2, 0) is 4.74 Å². The van der Waals surface area contributed by atoms with Crippen LogP contribution in [0.4, 0.5) is 4.79 Å². The number of ether oxygens (including phenoxy) is 1. The lowest BCUT2D eigenvalue weighted by Crippen LogP contribution is -2.39. The topological polar surface area (TPSA) is 78.9 Å². The Kier molecular flexibility index (Phi) is 6.64. The number of rotatable bonds is 2. The third-order valence-corrected chi connectivity index (χ3v) is 4.49. The Hall–Kier alpha value is -1.66. The Labute approximate surface area is 163 Å². The van der Waals surface area contributed by atoms with E-state index >= 15 is 0 Å². The van der Waals surface area contributed by atoms with Crippen LogP contribution >= 0.6 is 23.2 Å². The number of carbonyl (C=O) groups is 2. The molecule has 1 unspecified atom stereocenters. The molecule has 2 N–H and O–H groups in total. The number of nitrogens with one attached hydrogen (secondary N) is 1. The van der Waals surface area contributed by atoms with Gasteiger partial charge in [0.05, 0.1) is 10.6 Å². The minimum Gasteiger partial charge on any atom is -0.506 e. The highest BCUT2D eigenvalue weighted by Gasteiger charge is 2.26. The Morgan fingerprint density at radius 2 is 1.92 bits per heavy atom. The lowest BCUT2D eigenvalue weighted by Gasteiger charge is -2.26. The molecule has 1 aliphatic heterocycles. The highest BCUT2D eigenvalue weighted by atomic mass is 35.5. The minimum atomic E-state index is -0.541. The third-order valence-electron chi connectivity index (χ3n) is 3.99. The van der Waals surface area contributed by atoms with Gasteiger partial charge in [0.25, 0.3) is 5.91 Å². The molecular formula is C18H24Cl2N2O4. The fraction of sp³-hybridized carbons (Fsp3) is 0.556. The molecule has 1 fully saturated rings. The third kappa shape index (κ3) is 5.68. The van der Waals surface area contributed by atoms with Crippen molar-refractivity contribution >= 4 is 35.2 Å². The molecule has 1 atom stereocenters. The van der Waals surface area contributed by atoms with E-state index in [0.29, 0.717) is 19.5 Å². The van der Waals surface area contributed by atoms with Gasteiger partial charge in [-0.3, -0.25) is 4.79 Å². The van der Waals surface area contributed by atoms with Crippen LogP contribution in [-0.4, -0.2) is 46.7 Å². The zero-order valence-corrected chi connectivity index (χ0v) is 16.7. The maximum absolute atomic E-state index is 12.5. The van der Waals surface area contributed by atoms with Gasteiger partial charge in [-0.2, -0.15) is 0 Å². The number of hydrogen-bond acceptors (Lipinski definition) is 4. The molecule has 0 radical (unpaired) electrons. The molecule has 0 bridgehead atoms. The molecule has 1 aromatic rings. The number of carbonyl (C=O) groups excluding carboxylic acids is 2. The molecule has 1 saturated heterocycles. The van der Waals surface area contributed by atoms with Crippen molar-refractivity contribution in [2.75, 3.05) is 13.1 Å². The highest BCUT2D eigenvalue weighted by molar-refractivity contribution is 6.36. The zero-order chi connectivity index (χ0) is 19.5. The molecule has 1 heterocycles. The summed E-state index contributed by atoms with van der Waals surface area (Å²) < 4.78 is 5.40. The summed E-state index contributed by atoms with van der Waals surface area (Å²) in [5.41, 5.74) is -0.504. The molecule has 2 amide bonds. The molecule has 0 saturated carbocycles. The maximum Gasteiger partial charge on any atom is 0.410 e. The molecular weight excluding hydrogens is 379 g/mol. The fourth-order valence-electron chi connectivity index (χ4n) is 2.75. The molecule has 6 nitrogen and oxygen atoms in total. The zero-order valence-electron chi connectivity index (χ0n) is 15.1. The van der Waals surface area contributed by atoms with Crippen LogP contribution in [0, 0.1) is 0 Å². The van der Waals surface area contributed by atoms with Gasteiger partial charge < -0.3 is 20.1 Å². The van der Waals surface area contributed by atoms with E-state index in [9.17, 15) is 14.7 Å². The first kappa shape index (κ1) is 20.6. The van der Waals surface area contributed by atoms with Gasteiger partial charge in [-0.25, -0.2) is 4.79 Å². The Balaban J connectivity index is 1.98. The van der Waals surface area contributed by atoms with E-state index in [1.807, 2.05) is 20.8 Å². The fourth-order valence-corrected chi connectivity index (χ4v) is 3.25. The molecule has 0 aliphatic carbocycles. The van der Waals surface area contributed by atoms with Crippen molar-refractivity contribution in [1.82, 2.24) is 10.2 Å². The SMILES string of the molecule is CC(C)(C)OC(=O)N1CCCC(NC(=O)c2cc(Cl)cc(Cl)c2O)CC1. The van der Waals surface area contributed by atoms with E-state index in [1.54, 1.807) is 4.90 Å². The lowest BCUT2D eigenvalue weighted by atomic mass is 10.1. The van der Waals surface area contributed by atoms with Crippen molar-refractivity contribution in [2.45, 2.75) is 51.7 Å². The predicted octanol–water partition coefficient (Wildman–Crippen LogP) is 4.22. The number of halogens is 2. The van der Waals surface area contributed by atoms with Crippen LogP contribution in [0.5, 0.6) is 5.75 Å². The summed E-state index contributed by atoms with van der Waals surface area (Å²) >= 11 is 11.8. The van der Waals surface area contributed by atoms with Crippen LogP contribution in [0.25, 0.3) is 0 Å². The molecule has 1 aromatic carbocycles. The van der Waals surface area contributed by atoms with Crippen LogP contribution in [0.3, 0.4) is 0 Å². The van der Waals surface area contributed by atoms with Crippen molar-refractivity contribution in [1.29, 1.82) is 0 Å². The van der Waals surface area contributed by atoms with Gasteiger partial charge in [0.2, 0.25) is 0 Å². The number of amides is 2. The highest BCUT2D eigenvalue weighted by Crippen LogP contribution is 2.31. The summed E-state index contributed by atoms with van der Waals surface area (Å²) in [6.07, 6.45) is 1.72. The standard InChI is InChI=1S/C18H24Cl2N2O4/c1-18(2,3)26-17(25)22-7-4-5-12(6-8-22)21-16(24)13-9-11(19)10-14(20)15(13)23/h9-10,12,23H,4-8H2,1-3H3,(H,21,24). The van der Waals surface area contributed by atoms with Crippen LogP contribution in [0.2, 0.25) is 10.0 Å². The van der Waals surface area contributed by atoms with Crippen molar-refractivity contribution in [3.8, 4) is 5.75 Å². The molecule has 8 heteroatoms. The van der Waals surface area contributed by atoms with Gasteiger partial charge in [-0.15, -0.1) is 0 Å². The van der Waals surface area contributed by atoms with Gasteiger partial charge in [0.1, 0.15) is 11.4 Å². The number of likely N-dealkylation sites (tertiary alicyclic amines) is 1. The lowest BCUT2D eigenvalue weighted by molar-refractivity contribution is 0.0256. The summed E-state index contributed by atoms with van der Waals surface area (Å²) in [6, 6.07) is 2.63. The second-order valence-electron chi connectivity index (χ2n) is 7.35. The van der Waals surface area contributed by atoms with Crippen molar-refractivity contribution in [2.24, 2.45) is 0 Å². The first-order chi connectivity index (χ1) is 12.1. The van der Waals surface area contributed by atoms with E-state index in [2.05, 4.69) is 5.32 Å². The summed E-state index contributed by atoms with van der Waals surface area (Å²) in [6.45, 7) is 6.55.